The van der Waals surface area contributed by atoms with Gasteiger partial charge >= 0.3 is 0 Å². The van der Waals surface area contributed by atoms with E-state index < -0.39 is 0 Å². The lowest BCUT2D eigenvalue weighted by Gasteiger charge is -2.19. The molecule has 1 fully saturated rings. The van der Waals surface area contributed by atoms with Gasteiger partial charge in [-0.05, 0) is 37.1 Å². The molecule has 1 aliphatic rings. The molecule has 1 saturated carbocycles. The number of hydrogen-bond donors (Lipinski definition) is 1. The number of Topliss-reactive ketones (excluding diaryl/α,β-unsaturated/α-hetero) is 1. The highest BCUT2D eigenvalue weighted by Crippen LogP contribution is 2.25. The molecular formula is C14H16ClNO2S. The number of carbonyl (C=O) groups is 2. The summed E-state index contributed by atoms with van der Waals surface area (Å²) in [6.07, 6.45) is 3.64. The fourth-order valence-corrected chi connectivity index (χ4v) is 3.22. The lowest BCUT2D eigenvalue weighted by atomic mass is 9.99. The highest BCUT2D eigenvalue weighted by Gasteiger charge is 2.23. The molecule has 19 heavy (non-hydrogen) atoms. The maximum Gasteiger partial charge on any atom is 0.234 e. The fraction of sp³-hybridized carbons (Fsp3) is 0.429. The summed E-state index contributed by atoms with van der Waals surface area (Å²) in [6.45, 7) is 0. The minimum Gasteiger partial charge on any atom is -0.325 e. The first-order valence-corrected chi connectivity index (χ1v) is 7.77. The predicted molar refractivity (Wildman–Crippen MR) is 79.8 cm³/mol. The Balaban J connectivity index is 1.78. The first-order chi connectivity index (χ1) is 9.15. The molecule has 1 aliphatic carbocycles. The molecule has 0 aliphatic heterocycles. The summed E-state index contributed by atoms with van der Waals surface area (Å²) in [5, 5.41) is 3.44. The number of rotatable bonds is 4. The number of anilines is 1. The van der Waals surface area contributed by atoms with Gasteiger partial charge in [0.15, 0.2) is 0 Å². The predicted octanol–water partition coefficient (Wildman–Crippen LogP) is 3.52. The zero-order chi connectivity index (χ0) is 13.7. The zero-order valence-electron chi connectivity index (χ0n) is 10.5. The summed E-state index contributed by atoms with van der Waals surface area (Å²) < 4.78 is 0. The van der Waals surface area contributed by atoms with Crippen LogP contribution in [0.25, 0.3) is 0 Å². The molecule has 102 valence electrons. The average Bonchev–Trinajstić information content (AvgIpc) is 2.40. The first kappa shape index (κ1) is 14.4. The van der Waals surface area contributed by atoms with Crippen LogP contribution in [0.1, 0.15) is 25.7 Å². The van der Waals surface area contributed by atoms with E-state index in [1.807, 2.05) is 0 Å². The van der Waals surface area contributed by atoms with E-state index in [0.717, 1.165) is 24.9 Å². The van der Waals surface area contributed by atoms with E-state index in [9.17, 15) is 9.59 Å². The van der Waals surface area contributed by atoms with Crippen molar-refractivity contribution in [2.75, 3.05) is 11.1 Å². The summed E-state index contributed by atoms with van der Waals surface area (Å²) in [6, 6.07) is 6.98. The van der Waals surface area contributed by atoms with Crippen LogP contribution in [0.5, 0.6) is 0 Å². The molecule has 0 saturated heterocycles. The molecule has 0 heterocycles. The van der Waals surface area contributed by atoms with Crippen LogP contribution in [-0.4, -0.2) is 22.7 Å². The Hall–Kier alpha value is -1.00. The van der Waals surface area contributed by atoms with E-state index in [1.54, 1.807) is 24.3 Å². The lowest BCUT2D eigenvalue weighted by Crippen LogP contribution is -2.24. The van der Waals surface area contributed by atoms with Crippen LogP contribution < -0.4 is 5.32 Å². The third kappa shape index (κ3) is 4.55. The Morgan fingerprint density at radius 3 is 2.74 bits per heavy atom. The van der Waals surface area contributed by atoms with Gasteiger partial charge in [0.2, 0.25) is 5.91 Å². The van der Waals surface area contributed by atoms with Crippen LogP contribution in [-0.2, 0) is 9.59 Å². The van der Waals surface area contributed by atoms with Gasteiger partial charge in [0, 0.05) is 17.1 Å². The van der Waals surface area contributed by atoms with Crippen LogP contribution >= 0.6 is 23.4 Å². The quantitative estimate of drug-likeness (QED) is 0.925. The molecule has 0 spiro atoms. The number of ketones is 1. The Kier molecular flexibility index (Phi) is 5.28. The van der Waals surface area contributed by atoms with Crippen LogP contribution in [0.3, 0.4) is 0 Å². The van der Waals surface area contributed by atoms with Crippen LogP contribution in [0.15, 0.2) is 24.3 Å². The maximum absolute atomic E-state index is 11.8. The Morgan fingerprint density at radius 2 is 2.05 bits per heavy atom. The first-order valence-electron chi connectivity index (χ1n) is 6.35. The van der Waals surface area contributed by atoms with Crippen molar-refractivity contribution in [2.45, 2.75) is 30.9 Å². The van der Waals surface area contributed by atoms with Gasteiger partial charge in [0.1, 0.15) is 5.78 Å². The fourth-order valence-electron chi connectivity index (χ4n) is 2.03. The van der Waals surface area contributed by atoms with Crippen molar-refractivity contribution in [3.63, 3.8) is 0 Å². The van der Waals surface area contributed by atoms with E-state index in [4.69, 9.17) is 11.6 Å². The normalized spacial score (nSPS) is 19.2. The van der Waals surface area contributed by atoms with E-state index in [0.29, 0.717) is 17.2 Å². The molecule has 1 aromatic rings. The number of thioether (sulfide) groups is 1. The summed E-state index contributed by atoms with van der Waals surface area (Å²) in [5.41, 5.74) is 0.727. The van der Waals surface area contributed by atoms with E-state index in [-0.39, 0.29) is 16.9 Å². The highest BCUT2D eigenvalue weighted by molar-refractivity contribution is 8.01. The lowest BCUT2D eigenvalue weighted by molar-refractivity contribution is -0.119. The number of halogens is 1. The molecule has 1 atom stereocenters. The van der Waals surface area contributed by atoms with Gasteiger partial charge in [-0.25, -0.2) is 0 Å². The van der Waals surface area contributed by atoms with Crippen molar-refractivity contribution in [1.82, 2.24) is 0 Å². The highest BCUT2D eigenvalue weighted by atomic mass is 35.5. The number of amides is 1. The molecule has 1 amide bonds. The van der Waals surface area contributed by atoms with Crippen molar-refractivity contribution in [3.8, 4) is 0 Å². The molecule has 0 aromatic heterocycles. The van der Waals surface area contributed by atoms with Crippen molar-refractivity contribution < 1.29 is 9.59 Å². The second kappa shape index (κ2) is 6.96. The van der Waals surface area contributed by atoms with Gasteiger partial charge in [-0.15, -0.1) is 11.8 Å². The van der Waals surface area contributed by atoms with E-state index in [1.165, 1.54) is 11.8 Å². The third-order valence-corrected chi connectivity index (χ3v) is 4.62. The summed E-state index contributed by atoms with van der Waals surface area (Å²) in [7, 11) is 0. The second-order valence-corrected chi connectivity index (χ2v) is 6.19. The third-order valence-electron chi connectivity index (χ3n) is 3.04. The largest absolute Gasteiger partial charge is 0.325 e. The van der Waals surface area contributed by atoms with Gasteiger partial charge in [-0.3, -0.25) is 9.59 Å². The smallest absolute Gasteiger partial charge is 0.234 e. The van der Waals surface area contributed by atoms with Gasteiger partial charge < -0.3 is 5.32 Å². The SMILES string of the molecule is O=C(CSC1CCCCC1=O)Nc1ccc(Cl)cc1. The molecular weight excluding hydrogens is 282 g/mol. The Bertz CT molecular complexity index is 461. The van der Waals surface area contributed by atoms with Gasteiger partial charge in [0.25, 0.3) is 0 Å². The van der Waals surface area contributed by atoms with Crippen molar-refractivity contribution in [3.05, 3.63) is 29.3 Å². The number of hydrogen-bond acceptors (Lipinski definition) is 3. The molecule has 1 aromatic carbocycles. The van der Waals surface area contributed by atoms with Gasteiger partial charge in [0.05, 0.1) is 11.0 Å². The molecule has 0 bridgehead atoms. The maximum atomic E-state index is 11.8. The van der Waals surface area contributed by atoms with Gasteiger partial charge in [-0.1, -0.05) is 18.0 Å². The monoisotopic (exact) mass is 297 g/mol. The zero-order valence-corrected chi connectivity index (χ0v) is 12.1. The molecule has 5 heteroatoms. The number of carbonyl (C=O) groups excluding carboxylic acids is 2. The summed E-state index contributed by atoms with van der Waals surface area (Å²) in [5.74, 6) is 0.528. The molecule has 3 nitrogen and oxygen atoms in total. The van der Waals surface area contributed by atoms with Crippen molar-refractivity contribution in [1.29, 1.82) is 0 Å². The molecule has 2 rings (SSSR count). The van der Waals surface area contributed by atoms with E-state index in [2.05, 4.69) is 5.32 Å². The topological polar surface area (TPSA) is 46.2 Å². The second-order valence-electron chi connectivity index (χ2n) is 4.57. The van der Waals surface area contributed by atoms with Gasteiger partial charge in [-0.2, -0.15) is 0 Å². The van der Waals surface area contributed by atoms with Crippen LogP contribution in [0, 0.1) is 0 Å². The Morgan fingerprint density at radius 1 is 1.32 bits per heavy atom. The standard InChI is InChI=1S/C14H16ClNO2S/c15-10-5-7-11(8-6-10)16-14(18)9-19-13-4-2-1-3-12(13)17/h5-8,13H,1-4,9H2,(H,16,18). The summed E-state index contributed by atoms with van der Waals surface area (Å²) in [4.78, 5) is 23.4. The molecule has 1 N–H and O–H groups in total. The number of benzene rings is 1. The van der Waals surface area contributed by atoms with Crippen molar-refractivity contribution in [2.24, 2.45) is 0 Å². The summed E-state index contributed by atoms with van der Waals surface area (Å²) >= 11 is 7.22. The minimum absolute atomic E-state index is 0.00437. The average molecular weight is 298 g/mol. The molecule has 1 unspecified atom stereocenters. The Labute approximate surface area is 122 Å². The minimum atomic E-state index is -0.0781. The van der Waals surface area contributed by atoms with E-state index >= 15 is 0 Å². The van der Waals surface area contributed by atoms with Crippen LogP contribution in [0.4, 0.5) is 5.69 Å². The van der Waals surface area contributed by atoms with Crippen molar-refractivity contribution >= 4 is 40.7 Å². The molecule has 0 radical (unpaired) electrons. The number of nitrogens with one attached hydrogen (secondary N) is 1. The van der Waals surface area contributed by atoms with Crippen LogP contribution in [0.2, 0.25) is 5.02 Å².